The number of ether oxygens (including phenoxy) is 1. The largest absolute Gasteiger partial charge is 0.493 e. The second-order valence-corrected chi connectivity index (χ2v) is 3.44. The van der Waals surface area contributed by atoms with Crippen LogP contribution in [-0.4, -0.2) is 16.8 Å². The Balaban J connectivity index is 2.27. The highest BCUT2D eigenvalue weighted by Gasteiger charge is 2.15. The lowest BCUT2D eigenvalue weighted by atomic mass is 10.1. The molecule has 1 radical (unpaired) electrons. The van der Waals surface area contributed by atoms with Crippen molar-refractivity contribution in [3.63, 3.8) is 0 Å². The van der Waals surface area contributed by atoms with Crippen molar-refractivity contribution in [1.82, 2.24) is 10.2 Å². The molecule has 73 valence electrons. The standard InChI is InChI=1S/C12H9N2O/c1-2-4-11-10(3-1)12-9(6-8-15-11)5-7-13-14-12/h1-5H,6,8H2. The lowest BCUT2D eigenvalue weighted by molar-refractivity contribution is 0.326. The van der Waals surface area contributed by atoms with E-state index in [0.29, 0.717) is 6.61 Å². The van der Waals surface area contributed by atoms with Crippen LogP contribution >= 0.6 is 0 Å². The summed E-state index contributed by atoms with van der Waals surface area (Å²) in [6.07, 6.45) is 3.62. The molecule has 0 atom stereocenters. The summed E-state index contributed by atoms with van der Waals surface area (Å²) in [6, 6.07) is 9.80. The second-order valence-electron chi connectivity index (χ2n) is 3.44. The van der Waals surface area contributed by atoms with Crippen molar-refractivity contribution in [3.05, 3.63) is 42.1 Å². The smallest absolute Gasteiger partial charge is 0.128 e. The highest BCUT2D eigenvalue weighted by Crippen LogP contribution is 2.32. The van der Waals surface area contributed by atoms with Crippen LogP contribution in [0.25, 0.3) is 11.3 Å². The number of hydrogen-bond acceptors (Lipinski definition) is 3. The molecule has 1 aliphatic rings. The fraction of sp³-hybridized carbons (Fsp3) is 0.167. The number of rotatable bonds is 0. The summed E-state index contributed by atoms with van der Waals surface area (Å²) in [5.41, 5.74) is 3.09. The summed E-state index contributed by atoms with van der Waals surface area (Å²) in [6.45, 7) is 0.684. The first kappa shape index (κ1) is 8.41. The third-order valence-electron chi connectivity index (χ3n) is 2.52. The van der Waals surface area contributed by atoms with E-state index in [1.807, 2.05) is 30.3 Å². The fourth-order valence-electron chi connectivity index (χ4n) is 1.79. The van der Waals surface area contributed by atoms with Crippen molar-refractivity contribution in [3.8, 4) is 17.0 Å². The summed E-state index contributed by atoms with van der Waals surface area (Å²) < 4.78 is 5.65. The van der Waals surface area contributed by atoms with E-state index in [9.17, 15) is 0 Å². The van der Waals surface area contributed by atoms with E-state index in [-0.39, 0.29) is 0 Å². The highest BCUT2D eigenvalue weighted by atomic mass is 16.5. The normalized spacial score (nSPS) is 13.3. The topological polar surface area (TPSA) is 35.0 Å². The van der Waals surface area contributed by atoms with Crippen molar-refractivity contribution >= 4 is 0 Å². The number of benzene rings is 1. The van der Waals surface area contributed by atoms with Crippen LogP contribution in [0.15, 0.2) is 30.3 Å². The molecule has 3 rings (SSSR count). The van der Waals surface area contributed by atoms with Crippen LogP contribution in [0.1, 0.15) is 5.56 Å². The van der Waals surface area contributed by atoms with Gasteiger partial charge < -0.3 is 4.74 Å². The molecule has 3 nitrogen and oxygen atoms in total. The van der Waals surface area contributed by atoms with Gasteiger partial charge in [0.1, 0.15) is 17.6 Å². The molecule has 0 amide bonds. The maximum absolute atomic E-state index is 5.65. The molecule has 1 aromatic heterocycles. The molecule has 0 fully saturated rings. The van der Waals surface area contributed by atoms with Crippen LogP contribution in [0.5, 0.6) is 5.75 Å². The molecule has 1 aliphatic heterocycles. The van der Waals surface area contributed by atoms with Gasteiger partial charge in [-0.3, -0.25) is 0 Å². The molecule has 0 unspecified atom stereocenters. The predicted molar refractivity (Wildman–Crippen MR) is 55.5 cm³/mol. The van der Waals surface area contributed by atoms with Crippen LogP contribution in [0.4, 0.5) is 0 Å². The Morgan fingerprint density at radius 1 is 1.27 bits per heavy atom. The molecule has 3 heteroatoms. The Bertz CT molecular complexity index is 451. The van der Waals surface area contributed by atoms with Crippen LogP contribution in [0, 0.1) is 6.20 Å². The predicted octanol–water partition coefficient (Wildman–Crippen LogP) is 1.88. The maximum Gasteiger partial charge on any atom is 0.128 e. The van der Waals surface area contributed by atoms with Crippen molar-refractivity contribution in [2.45, 2.75) is 6.42 Å². The number of hydrogen-bond donors (Lipinski definition) is 0. The zero-order chi connectivity index (χ0) is 10.1. The summed E-state index contributed by atoms with van der Waals surface area (Å²) in [5, 5.41) is 7.94. The molecule has 2 heterocycles. The third kappa shape index (κ3) is 1.36. The monoisotopic (exact) mass is 197 g/mol. The molecular weight excluding hydrogens is 188 g/mol. The Labute approximate surface area is 87.7 Å². The quantitative estimate of drug-likeness (QED) is 0.646. The van der Waals surface area contributed by atoms with Gasteiger partial charge in [-0.05, 0) is 23.8 Å². The fourth-order valence-corrected chi connectivity index (χ4v) is 1.79. The molecular formula is C12H9N2O. The third-order valence-corrected chi connectivity index (χ3v) is 2.52. The van der Waals surface area contributed by atoms with E-state index in [4.69, 9.17) is 4.74 Å². The van der Waals surface area contributed by atoms with Crippen LogP contribution in [0.3, 0.4) is 0 Å². The molecule has 15 heavy (non-hydrogen) atoms. The average Bonchev–Trinajstić information content (AvgIpc) is 2.48. The number of fused-ring (bicyclic) bond motifs is 3. The SMILES string of the molecule is [c]1cc2c(nn1)-c1ccccc1OCC2. The molecule has 0 bridgehead atoms. The lowest BCUT2D eigenvalue weighted by Gasteiger charge is -2.05. The van der Waals surface area contributed by atoms with Crippen molar-refractivity contribution < 1.29 is 4.74 Å². The van der Waals surface area contributed by atoms with E-state index < -0.39 is 0 Å². The molecule has 0 saturated carbocycles. The number of para-hydroxylation sites is 1. The first-order chi connectivity index (χ1) is 7.45. The Morgan fingerprint density at radius 3 is 3.20 bits per heavy atom. The van der Waals surface area contributed by atoms with Gasteiger partial charge in [0.2, 0.25) is 0 Å². The van der Waals surface area contributed by atoms with E-state index in [0.717, 1.165) is 29.0 Å². The van der Waals surface area contributed by atoms with Gasteiger partial charge in [0.15, 0.2) is 0 Å². The first-order valence-electron chi connectivity index (χ1n) is 4.90. The van der Waals surface area contributed by atoms with Gasteiger partial charge in [-0.2, -0.15) is 0 Å². The van der Waals surface area contributed by atoms with Crippen molar-refractivity contribution in [1.29, 1.82) is 0 Å². The summed E-state index contributed by atoms with van der Waals surface area (Å²) in [5.74, 6) is 0.886. The van der Waals surface area contributed by atoms with E-state index >= 15 is 0 Å². The summed E-state index contributed by atoms with van der Waals surface area (Å²) in [4.78, 5) is 0. The molecule has 0 saturated heterocycles. The van der Waals surface area contributed by atoms with Gasteiger partial charge in [0.25, 0.3) is 0 Å². The zero-order valence-electron chi connectivity index (χ0n) is 8.10. The molecule has 0 spiro atoms. The minimum atomic E-state index is 0.684. The van der Waals surface area contributed by atoms with Gasteiger partial charge in [0, 0.05) is 12.0 Å². The number of nitrogens with zero attached hydrogens (tertiary/aromatic N) is 2. The lowest BCUT2D eigenvalue weighted by Crippen LogP contribution is -1.98. The van der Waals surface area contributed by atoms with E-state index in [2.05, 4.69) is 16.4 Å². The average molecular weight is 197 g/mol. The minimum absolute atomic E-state index is 0.684. The second kappa shape index (κ2) is 3.35. The minimum Gasteiger partial charge on any atom is -0.493 e. The maximum atomic E-state index is 5.65. The first-order valence-corrected chi connectivity index (χ1v) is 4.90. The van der Waals surface area contributed by atoms with Gasteiger partial charge in [-0.1, -0.05) is 12.1 Å². The van der Waals surface area contributed by atoms with Crippen LogP contribution < -0.4 is 4.74 Å². The number of aromatic nitrogens is 2. The Kier molecular flexibility index (Phi) is 1.88. The Hall–Kier alpha value is -1.90. The molecule has 2 aromatic rings. The van der Waals surface area contributed by atoms with E-state index in [1.165, 1.54) is 0 Å². The molecule has 1 aromatic carbocycles. The van der Waals surface area contributed by atoms with Gasteiger partial charge in [0.05, 0.1) is 6.61 Å². The van der Waals surface area contributed by atoms with Crippen LogP contribution in [-0.2, 0) is 6.42 Å². The van der Waals surface area contributed by atoms with Crippen molar-refractivity contribution in [2.24, 2.45) is 0 Å². The van der Waals surface area contributed by atoms with Crippen LogP contribution in [0.2, 0.25) is 0 Å². The molecule has 0 aliphatic carbocycles. The summed E-state index contributed by atoms with van der Waals surface area (Å²) in [7, 11) is 0. The van der Waals surface area contributed by atoms with Gasteiger partial charge >= 0.3 is 0 Å². The summed E-state index contributed by atoms with van der Waals surface area (Å²) >= 11 is 0. The van der Waals surface area contributed by atoms with Gasteiger partial charge in [-0.25, -0.2) is 0 Å². The molecule has 0 N–H and O–H groups in total. The van der Waals surface area contributed by atoms with Crippen molar-refractivity contribution in [2.75, 3.05) is 6.61 Å². The Morgan fingerprint density at radius 2 is 2.20 bits per heavy atom. The highest BCUT2D eigenvalue weighted by molar-refractivity contribution is 5.70. The van der Waals surface area contributed by atoms with E-state index in [1.54, 1.807) is 0 Å². The van der Waals surface area contributed by atoms with Gasteiger partial charge in [-0.15, -0.1) is 10.2 Å². The zero-order valence-corrected chi connectivity index (χ0v) is 8.10.